The maximum Gasteiger partial charge on any atom is 0.224 e. The van der Waals surface area contributed by atoms with Gasteiger partial charge in [-0.25, -0.2) is 4.98 Å². The number of hydrogen-bond acceptors (Lipinski definition) is 5. The Morgan fingerprint density at radius 3 is 2.42 bits per heavy atom. The summed E-state index contributed by atoms with van der Waals surface area (Å²) in [4.78, 5) is 8.16. The highest BCUT2D eigenvalue weighted by atomic mass is 35.5. The minimum Gasteiger partial charge on any atom is -0.439 e. The summed E-state index contributed by atoms with van der Waals surface area (Å²) in [5, 5.41) is 0.947. The minimum atomic E-state index is 0.248. The van der Waals surface area contributed by atoms with Gasteiger partial charge in [0.2, 0.25) is 5.88 Å². The molecular formula is C12H11Cl2N3O2. The van der Waals surface area contributed by atoms with Gasteiger partial charge in [-0.3, -0.25) is 0 Å². The van der Waals surface area contributed by atoms with Gasteiger partial charge in [-0.15, -0.1) is 0 Å². The molecule has 2 aromatic rings. The molecule has 0 fully saturated rings. The number of anilines is 1. The van der Waals surface area contributed by atoms with E-state index in [1.54, 1.807) is 25.3 Å². The van der Waals surface area contributed by atoms with Crippen LogP contribution in [0.1, 0.15) is 5.82 Å². The Labute approximate surface area is 120 Å². The average molecular weight is 300 g/mol. The maximum absolute atomic E-state index is 5.89. The second-order valence-electron chi connectivity index (χ2n) is 3.69. The molecule has 0 saturated heterocycles. The average Bonchev–Trinajstić information content (AvgIpc) is 2.26. The molecule has 1 aromatic carbocycles. The van der Waals surface area contributed by atoms with E-state index in [0.717, 1.165) is 0 Å². The molecule has 5 nitrogen and oxygen atoms in total. The van der Waals surface area contributed by atoms with Gasteiger partial charge < -0.3 is 15.2 Å². The van der Waals surface area contributed by atoms with Crippen molar-refractivity contribution in [2.75, 3.05) is 12.8 Å². The highest BCUT2D eigenvalue weighted by Crippen LogP contribution is 2.28. The lowest BCUT2D eigenvalue weighted by Gasteiger charge is -2.08. The van der Waals surface area contributed by atoms with Crippen LogP contribution in [0.15, 0.2) is 24.3 Å². The molecule has 0 aliphatic heterocycles. The molecule has 2 rings (SSSR count). The fraction of sp³-hybridized carbons (Fsp3) is 0.167. The van der Waals surface area contributed by atoms with Crippen LogP contribution in [0.5, 0.6) is 11.6 Å². The third-order valence-corrected chi connectivity index (χ3v) is 2.54. The number of nitrogens with two attached hydrogens (primary N) is 1. The number of methoxy groups -OCH3 is 1. The predicted octanol–water partition coefficient (Wildman–Crippen LogP) is 3.30. The molecule has 7 heteroatoms. The lowest BCUT2D eigenvalue weighted by Crippen LogP contribution is -2.02. The molecule has 0 atom stereocenters. The molecule has 1 heterocycles. The van der Waals surface area contributed by atoms with Gasteiger partial charge in [0, 0.05) is 23.2 Å². The van der Waals surface area contributed by atoms with Gasteiger partial charge in [0.25, 0.3) is 0 Å². The Bertz CT molecular complexity index is 573. The smallest absolute Gasteiger partial charge is 0.224 e. The molecule has 0 unspecified atom stereocenters. The van der Waals surface area contributed by atoms with E-state index in [2.05, 4.69) is 9.97 Å². The van der Waals surface area contributed by atoms with Crippen molar-refractivity contribution in [3.8, 4) is 11.6 Å². The van der Waals surface area contributed by atoms with Crippen molar-refractivity contribution in [1.29, 1.82) is 0 Å². The highest BCUT2D eigenvalue weighted by molar-refractivity contribution is 6.34. The van der Waals surface area contributed by atoms with Gasteiger partial charge in [-0.2, -0.15) is 4.98 Å². The van der Waals surface area contributed by atoms with Crippen molar-refractivity contribution in [1.82, 2.24) is 9.97 Å². The Kier molecular flexibility index (Phi) is 4.42. The molecule has 0 amide bonds. The third kappa shape index (κ3) is 3.96. The Balaban J connectivity index is 2.27. The topological polar surface area (TPSA) is 70.3 Å². The van der Waals surface area contributed by atoms with Gasteiger partial charge in [0.15, 0.2) is 5.82 Å². The van der Waals surface area contributed by atoms with Gasteiger partial charge in [-0.1, -0.05) is 23.2 Å². The fourth-order valence-electron chi connectivity index (χ4n) is 1.45. The zero-order chi connectivity index (χ0) is 13.8. The SMILES string of the molecule is COCc1nc(N)cc(Oc2cc(Cl)cc(Cl)c2)n1. The molecule has 0 aliphatic carbocycles. The molecule has 0 saturated carbocycles. The predicted molar refractivity (Wildman–Crippen MR) is 73.7 cm³/mol. The number of aromatic nitrogens is 2. The van der Waals surface area contributed by atoms with Crippen molar-refractivity contribution < 1.29 is 9.47 Å². The van der Waals surface area contributed by atoms with Crippen LogP contribution in [0.25, 0.3) is 0 Å². The van der Waals surface area contributed by atoms with Crippen LogP contribution in [0.2, 0.25) is 10.0 Å². The van der Waals surface area contributed by atoms with Crippen molar-refractivity contribution in [3.05, 3.63) is 40.1 Å². The Morgan fingerprint density at radius 2 is 1.79 bits per heavy atom. The van der Waals surface area contributed by atoms with E-state index in [0.29, 0.717) is 33.3 Å². The van der Waals surface area contributed by atoms with Gasteiger partial charge >= 0.3 is 0 Å². The first kappa shape index (κ1) is 13.9. The molecule has 0 aliphatic rings. The minimum absolute atomic E-state index is 0.248. The van der Waals surface area contributed by atoms with Gasteiger partial charge in [0.05, 0.1) is 0 Å². The number of nitrogens with zero attached hydrogens (tertiary/aromatic N) is 2. The molecule has 1 aromatic heterocycles. The molecular weight excluding hydrogens is 289 g/mol. The van der Waals surface area contributed by atoms with E-state index >= 15 is 0 Å². The molecule has 0 bridgehead atoms. The Morgan fingerprint density at radius 1 is 1.11 bits per heavy atom. The van der Waals surface area contributed by atoms with Crippen molar-refractivity contribution in [3.63, 3.8) is 0 Å². The van der Waals surface area contributed by atoms with Crippen LogP contribution in [0.3, 0.4) is 0 Å². The Hall–Kier alpha value is -1.56. The van der Waals surface area contributed by atoms with Crippen molar-refractivity contribution in [2.45, 2.75) is 6.61 Å². The molecule has 100 valence electrons. The summed E-state index contributed by atoms with van der Waals surface area (Å²) in [7, 11) is 1.55. The van der Waals surface area contributed by atoms with Crippen LogP contribution in [-0.4, -0.2) is 17.1 Å². The van der Waals surface area contributed by atoms with Crippen LogP contribution in [0.4, 0.5) is 5.82 Å². The standard InChI is InChI=1S/C12H11Cl2N3O2/c1-18-6-11-16-10(15)5-12(17-11)19-9-3-7(13)2-8(14)4-9/h2-5H,6H2,1H3,(H2,15,16,17). The van der Waals surface area contributed by atoms with E-state index < -0.39 is 0 Å². The van der Waals surface area contributed by atoms with Crippen LogP contribution in [-0.2, 0) is 11.3 Å². The van der Waals surface area contributed by atoms with Crippen LogP contribution in [0, 0.1) is 0 Å². The number of ether oxygens (including phenoxy) is 2. The number of benzene rings is 1. The number of halogens is 2. The third-order valence-electron chi connectivity index (χ3n) is 2.10. The van der Waals surface area contributed by atoms with E-state index in [-0.39, 0.29) is 6.61 Å². The van der Waals surface area contributed by atoms with E-state index in [1.807, 2.05) is 0 Å². The number of nitrogen functional groups attached to an aromatic ring is 1. The van der Waals surface area contributed by atoms with Gasteiger partial charge in [-0.05, 0) is 18.2 Å². The molecule has 0 radical (unpaired) electrons. The first-order valence-electron chi connectivity index (χ1n) is 5.33. The fourth-order valence-corrected chi connectivity index (χ4v) is 1.95. The monoisotopic (exact) mass is 299 g/mol. The lowest BCUT2D eigenvalue weighted by atomic mass is 10.3. The van der Waals surface area contributed by atoms with Crippen molar-refractivity contribution in [2.24, 2.45) is 0 Å². The molecule has 0 spiro atoms. The van der Waals surface area contributed by atoms with E-state index in [4.69, 9.17) is 38.4 Å². The summed E-state index contributed by atoms with van der Waals surface area (Å²) in [6, 6.07) is 6.37. The second kappa shape index (κ2) is 6.06. The van der Waals surface area contributed by atoms with Gasteiger partial charge in [0.1, 0.15) is 18.2 Å². The van der Waals surface area contributed by atoms with Crippen LogP contribution < -0.4 is 10.5 Å². The zero-order valence-electron chi connectivity index (χ0n) is 10.1. The largest absolute Gasteiger partial charge is 0.439 e. The maximum atomic E-state index is 5.89. The zero-order valence-corrected chi connectivity index (χ0v) is 11.6. The number of hydrogen-bond donors (Lipinski definition) is 1. The second-order valence-corrected chi connectivity index (χ2v) is 4.56. The van der Waals surface area contributed by atoms with Crippen molar-refractivity contribution >= 4 is 29.0 Å². The summed E-state index contributed by atoms with van der Waals surface area (Å²) < 4.78 is 10.5. The van der Waals surface area contributed by atoms with E-state index in [9.17, 15) is 0 Å². The summed E-state index contributed by atoms with van der Waals surface area (Å²) >= 11 is 11.8. The first-order chi connectivity index (χ1) is 9.06. The quantitative estimate of drug-likeness (QED) is 0.938. The summed E-state index contributed by atoms with van der Waals surface area (Å²) in [6.07, 6.45) is 0. The first-order valence-corrected chi connectivity index (χ1v) is 6.09. The molecule has 19 heavy (non-hydrogen) atoms. The summed E-state index contributed by atoms with van der Waals surface area (Å²) in [5.74, 6) is 1.51. The molecule has 2 N–H and O–H groups in total. The lowest BCUT2D eigenvalue weighted by molar-refractivity contribution is 0.177. The number of rotatable bonds is 4. The summed E-state index contributed by atoms with van der Waals surface area (Å²) in [5.41, 5.74) is 5.66. The summed E-state index contributed by atoms with van der Waals surface area (Å²) in [6.45, 7) is 0.248. The van der Waals surface area contributed by atoms with Crippen LogP contribution >= 0.6 is 23.2 Å². The normalized spacial score (nSPS) is 10.5. The highest BCUT2D eigenvalue weighted by Gasteiger charge is 2.06. The van der Waals surface area contributed by atoms with E-state index in [1.165, 1.54) is 6.07 Å².